The molecule has 0 saturated carbocycles. The van der Waals surface area contributed by atoms with Gasteiger partial charge in [0.05, 0.1) is 26.0 Å². The molecular formula is C3H9BrP+. The lowest BCUT2D eigenvalue weighted by molar-refractivity contribution is 2.11. The summed E-state index contributed by atoms with van der Waals surface area (Å²) in [5, 5.41) is 0. The molecule has 0 atom stereocenters. The average molecular weight is 156 g/mol. The van der Waals surface area contributed by atoms with E-state index in [2.05, 4.69) is 35.5 Å². The first-order valence-electron chi connectivity index (χ1n) is 1.51. The highest BCUT2D eigenvalue weighted by molar-refractivity contribution is 9.42. The molecule has 0 radical (unpaired) electrons. The lowest BCUT2D eigenvalue weighted by Gasteiger charge is -1.92. The summed E-state index contributed by atoms with van der Waals surface area (Å²) in [5.41, 5.74) is 0. The van der Waals surface area contributed by atoms with Crippen LogP contribution in [0.15, 0.2) is 0 Å². The standard InChI is InChI=1S/C3H9BrP/c1-5(2,3)4/h1-3H3/q+1. The molecule has 0 aromatic carbocycles. The van der Waals surface area contributed by atoms with Crippen molar-refractivity contribution in [1.29, 1.82) is 0 Å². The van der Waals surface area contributed by atoms with Crippen LogP contribution >= 0.6 is 21.5 Å². The van der Waals surface area contributed by atoms with Gasteiger partial charge in [-0.15, -0.1) is 0 Å². The second-order valence-corrected chi connectivity index (χ2v) is 11.9. The molecule has 0 aromatic rings. The van der Waals surface area contributed by atoms with Crippen molar-refractivity contribution >= 4 is 21.5 Å². The third-order valence-corrected chi connectivity index (χ3v) is 0. The van der Waals surface area contributed by atoms with Crippen molar-refractivity contribution in [2.75, 3.05) is 20.0 Å². The van der Waals surface area contributed by atoms with Gasteiger partial charge in [-0.1, -0.05) is 0 Å². The van der Waals surface area contributed by atoms with Crippen LogP contribution in [0.1, 0.15) is 0 Å². The van der Waals surface area contributed by atoms with Crippen LogP contribution in [0.5, 0.6) is 0 Å². The summed E-state index contributed by atoms with van der Waals surface area (Å²) >= 11 is 3.49. The molecule has 0 heterocycles. The third-order valence-electron chi connectivity index (χ3n) is 0. The molecule has 0 aliphatic rings. The minimum atomic E-state index is -0.576. The normalized spacial score (nSPS) is 12.0. The summed E-state index contributed by atoms with van der Waals surface area (Å²) in [6, 6.07) is 0. The number of halogens is 1. The van der Waals surface area contributed by atoms with E-state index in [0.29, 0.717) is 0 Å². The molecule has 0 aromatic heterocycles. The van der Waals surface area contributed by atoms with Crippen molar-refractivity contribution in [2.45, 2.75) is 0 Å². The van der Waals surface area contributed by atoms with Crippen LogP contribution in [0, 0.1) is 0 Å². The first kappa shape index (κ1) is 5.91. The molecule has 0 N–H and O–H groups in total. The Hall–Kier alpha value is 0.910. The summed E-state index contributed by atoms with van der Waals surface area (Å²) in [6.07, 6.45) is 0. The van der Waals surface area contributed by atoms with Gasteiger partial charge in [-0.25, -0.2) is 0 Å². The maximum absolute atomic E-state index is 3.49. The summed E-state index contributed by atoms with van der Waals surface area (Å²) in [4.78, 5) is 0. The van der Waals surface area contributed by atoms with Crippen molar-refractivity contribution in [3.63, 3.8) is 0 Å². The fourth-order valence-corrected chi connectivity index (χ4v) is 0. The fourth-order valence-electron chi connectivity index (χ4n) is 0. The summed E-state index contributed by atoms with van der Waals surface area (Å²) in [5.74, 6) is -0.576. The van der Waals surface area contributed by atoms with E-state index in [-0.39, 0.29) is 0 Å². The van der Waals surface area contributed by atoms with E-state index in [9.17, 15) is 0 Å². The summed E-state index contributed by atoms with van der Waals surface area (Å²) in [6.45, 7) is 6.65. The molecule has 0 aliphatic carbocycles. The smallest absolute Gasteiger partial charge is 0.0584 e. The Morgan fingerprint density at radius 3 is 1.20 bits per heavy atom. The van der Waals surface area contributed by atoms with E-state index in [4.69, 9.17) is 0 Å². The Kier molecular flexibility index (Phi) is 1.86. The quantitative estimate of drug-likeness (QED) is 0.471. The predicted molar refractivity (Wildman–Crippen MR) is 33.6 cm³/mol. The monoisotopic (exact) mass is 155 g/mol. The van der Waals surface area contributed by atoms with Gasteiger partial charge in [-0.3, -0.25) is 0 Å². The fraction of sp³-hybridized carbons (Fsp3) is 1.00. The van der Waals surface area contributed by atoms with Crippen LogP contribution in [-0.4, -0.2) is 20.0 Å². The van der Waals surface area contributed by atoms with E-state index in [1.807, 2.05) is 0 Å². The zero-order valence-electron chi connectivity index (χ0n) is 3.83. The van der Waals surface area contributed by atoms with Crippen LogP contribution < -0.4 is 0 Å². The molecular weight excluding hydrogens is 147 g/mol. The highest BCUT2D eigenvalue weighted by Crippen LogP contribution is 2.54. The van der Waals surface area contributed by atoms with Crippen LogP contribution in [0.2, 0.25) is 0 Å². The molecule has 5 heavy (non-hydrogen) atoms. The van der Waals surface area contributed by atoms with Gasteiger partial charge in [0, 0.05) is 0 Å². The van der Waals surface area contributed by atoms with E-state index >= 15 is 0 Å². The van der Waals surface area contributed by atoms with Gasteiger partial charge in [-0.2, -0.15) is 0 Å². The molecule has 0 unspecified atom stereocenters. The summed E-state index contributed by atoms with van der Waals surface area (Å²) < 4.78 is 0. The van der Waals surface area contributed by atoms with Gasteiger partial charge in [0.2, 0.25) is 0 Å². The second kappa shape index (κ2) is 1.57. The summed E-state index contributed by atoms with van der Waals surface area (Å²) in [7, 11) is 0. The van der Waals surface area contributed by atoms with E-state index in [1.165, 1.54) is 0 Å². The average Bonchev–Trinajstić information content (AvgIpc) is 0.722. The molecule has 0 fully saturated rings. The van der Waals surface area contributed by atoms with Crippen LogP contribution in [-0.2, 0) is 0 Å². The predicted octanol–water partition coefficient (Wildman–Crippen LogP) is 2.20. The molecule has 0 rings (SSSR count). The molecule has 0 bridgehead atoms. The van der Waals surface area contributed by atoms with Crippen molar-refractivity contribution in [3.8, 4) is 0 Å². The molecule has 0 amide bonds. The van der Waals surface area contributed by atoms with Gasteiger partial charge < -0.3 is 0 Å². The largest absolute Gasteiger partial charge is 0.137 e. The van der Waals surface area contributed by atoms with Crippen LogP contribution in [0.4, 0.5) is 0 Å². The van der Waals surface area contributed by atoms with E-state index in [1.54, 1.807) is 0 Å². The first-order chi connectivity index (χ1) is 2.00. The Bertz CT molecular complexity index is 22.4. The maximum Gasteiger partial charge on any atom is 0.137 e. The Balaban J connectivity index is 3.02. The Labute approximate surface area is 42.0 Å². The lowest BCUT2D eigenvalue weighted by atomic mass is 11.9. The lowest BCUT2D eigenvalue weighted by Crippen LogP contribution is -1.63. The second-order valence-electron chi connectivity index (χ2n) is 1.85. The molecule has 32 valence electrons. The number of hydrogen-bond acceptors (Lipinski definition) is 0. The van der Waals surface area contributed by atoms with Gasteiger partial charge in [0.1, 0.15) is 15.5 Å². The molecule has 0 spiro atoms. The van der Waals surface area contributed by atoms with Gasteiger partial charge in [0.25, 0.3) is 0 Å². The van der Waals surface area contributed by atoms with Crippen LogP contribution in [0.25, 0.3) is 0 Å². The maximum atomic E-state index is 3.49. The first-order valence-corrected chi connectivity index (χ1v) is 6.66. The molecule has 0 saturated heterocycles. The Morgan fingerprint density at radius 2 is 1.20 bits per heavy atom. The SMILES string of the molecule is C[P+](C)(C)Br. The van der Waals surface area contributed by atoms with Crippen LogP contribution in [0.3, 0.4) is 0 Å². The van der Waals surface area contributed by atoms with Crippen molar-refractivity contribution in [3.05, 3.63) is 0 Å². The molecule has 0 aliphatic heterocycles. The molecule has 0 nitrogen and oxygen atoms in total. The zero-order valence-corrected chi connectivity index (χ0v) is 6.31. The number of rotatable bonds is 0. The topological polar surface area (TPSA) is 0 Å². The highest BCUT2D eigenvalue weighted by Gasteiger charge is 2.08. The third kappa shape index (κ3) is 50.2. The zero-order chi connectivity index (χ0) is 4.50. The van der Waals surface area contributed by atoms with Gasteiger partial charge in [-0.05, 0) is 0 Å². The van der Waals surface area contributed by atoms with E-state index in [0.717, 1.165) is 0 Å². The van der Waals surface area contributed by atoms with Crippen molar-refractivity contribution < 1.29 is 0 Å². The minimum Gasteiger partial charge on any atom is 0.0584 e. The van der Waals surface area contributed by atoms with E-state index < -0.39 is 5.96 Å². The highest BCUT2D eigenvalue weighted by atomic mass is 79.9. The van der Waals surface area contributed by atoms with Gasteiger partial charge in [0.15, 0.2) is 0 Å². The Morgan fingerprint density at radius 1 is 1.20 bits per heavy atom. The molecule has 2 heteroatoms. The van der Waals surface area contributed by atoms with Crippen molar-refractivity contribution in [2.24, 2.45) is 0 Å². The van der Waals surface area contributed by atoms with Crippen molar-refractivity contribution in [1.82, 2.24) is 0 Å². The minimum absolute atomic E-state index is 0.576. The number of hydrogen-bond donors (Lipinski definition) is 0. The van der Waals surface area contributed by atoms with Gasteiger partial charge >= 0.3 is 0 Å².